The summed E-state index contributed by atoms with van der Waals surface area (Å²) >= 11 is 0. The maximum atomic E-state index is 9.38. The van der Waals surface area contributed by atoms with Crippen LogP contribution < -0.4 is 10.2 Å². The van der Waals surface area contributed by atoms with Crippen molar-refractivity contribution in [3.8, 4) is 6.07 Å². The number of benzene rings is 2. The van der Waals surface area contributed by atoms with E-state index in [4.69, 9.17) is 0 Å². The van der Waals surface area contributed by atoms with Crippen LogP contribution in [0.25, 0.3) is 10.8 Å². The molecular formula is C16H17N3. The van der Waals surface area contributed by atoms with Gasteiger partial charge < -0.3 is 10.2 Å². The van der Waals surface area contributed by atoms with Crippen LogP contribution in [-0.2, 0) is 0 Å². The SMILES string of the molecule is C[C@@H]1CN(c2c(C#N)ccc3ccccc23)CCN1. The summed E-state index contributed by atoms with van der Waals surface area (Å²) in [5.74, 6) is 0. The minimum Gasteiger partial charge on any atom is -0.367 e. The zero-order valence-corrected chi connectivity index (χ0v) is 11.1. The zero-order valence-electron chi connectivity index (χ0n) is 11.1. The number of hydrogen-bond donors (Lipinski definition) is 1. The summed E-state index contributed by atoms with van der Waals surface area (Å²) in [6.45, 7) is 5.05. The summed E-state index contributed by atoms with van der Waals surface area (Å²) in [5.41, 5.74) is 1.86. The topological polar surface area (TPSA) is 39.1 Å². The quantitative estimate of drug-likeness (QED) is 0.846. The number of anilines is 1. The largest absolute Gasteiger partial charge is 0.367 e. The van der Waals surface area contributed by atoms with E-state index in [9.17, 15) is 5.26 Å². The summed E-state index contributed by atoms with van der Waals surface area (Å²) in [6.07, 6.45) is 0. The van der Waals surface area contributed by atoms with Gasteiger partial charge in [-0.05, 0) is 18.4 Å². The van der Waals surface area contributed by atoms with Crippen LogP contribution in [0.5, 0.6) is 0 Å². The Morgan fingerprint density at radius 2 is 2.11 bits per heavy atom. The molecule has 96 valence electrons. The van der Waals surface area contributed by atoms with Gasteiger partial charge in [-0.1, -0.05) is 30.3 Å². The molecule has 1 saturated heterocycles. The van der Waals surface area contributed by atoms with Crippen LogP contribution in [0.4, 0.5) is 5.69 Å². The minimum absolute atomic E-state index is 0.458. The molecule has 3 heteroatoms. The Kier molecular flexibility index (Phi) is 3.10. The van der Waals surface area contributed by atoms with Crippen LogP contribution in [0, 0.1) is 11.3 Å². The average molecular weight is 251 g/mol. The van der Waals surface area contributed by atoms with Gasteiger partial charge in [0.25, 0.3) is 0 Å². The van der Waals surface area contributed by atoms with Crippen LogP contribution in [0.2, 0.25) is 0 Å². The lowest BCUT2D eigenvalue weighted by atomic mass is 10.0. The van der Waals surface area contributed by atoms with E-state index in [1.165, 1.54) is 10.8 Å². The molecule has 1 fully saturated rings. The van der Waals surface area contributed by atoms with Crippen molar-refractivity contribution < 1.29 is 0 Å². The second kappa shape index (κ2) is 4.91. The van der Waals surface area contributed by atoms with E-state index in [1.807, 2.05) is 24.3 Å². The summed E-state index contributed by atoms with van der Waals surface area (Å²) in [5, 5.41) is 15.2. The van der Waals surface area contributed by atoms with Crippen LogP contribution in [0.15, 0.2) is 36.4 Å². The molecule has 1 N–H and O–H groups in total. The lowest BCUT2D eigenvalue weighted by molar-refractivity contribution is 0.485. The molecule has 19 heavy (non-hydrogen) atoms. The fourth-order valence-electron chi connectivity index (χ4n) is 2.82. The molecule has 1 aliphatic rings. The van der Waals surface area contributed by atoms with Gasteiger partial charge >= 0.3 is 0 Å². The highest BCUT2D eigenvalue weighted by molar-refractivity contribution is 5.97. The summed E-state index contributed by atoms with van der Waals surface area (Å²) in [4.78, 5) is 2.34. The maximum Gasteiger partial charge on any atom is 0.101 e. The molecule has 0 bridgehead atoms. The zero-order chi connectivity index (χ0) is 13.2. The highest BCUT2D eigenvalue weighted by Gasteiger charge is 2.20. The molecule has 0 saturated carbocycles. The minimum atomic E-state index is 0.458. The molecule has 0 spiro atoms. The number of piperazine rings is 1. The molecule has 0 amide bonds. The van der Waals surface area contributed by atoms with Crippen molar-refractivity contribution in [1.82, 2.24) is 5.32 Å². The second-order valence-corrected chi connectivity index (χ2v) is 5.10. The smallest absolute Gasteiger partial charge is 0.101 e. The summed E-state index contributed by atoms with van der Waals surface area (Å²) < 4.78 is 0. The van der Waals surface area contributed by atoms with Crippen molar-refractivity contribution in [2.24, 2.45) is 0 Å². The first-order valence-electron chi connectivity index (χ1n) is 6.70. The Morgan fingerprint density at radius 3 is 2.89 bits per heavy atom. The first-order chi connectivity index (χ1) is 9.29. The van der Waals surface area contributed by atoms with Crippen molar-refractivity contribution in [1.29, 1.82) is 5.26 Å². The van der Waals surface area contributed by atoms with E-state index in [-0.39, 0.29) is 0 Å². The Morgan fingerprint density at radius 1 is 1.26 bits per heavy atom. The van der Waals surface area contributed by atoms with Crippen molar-refractivity contribution in [2.45, 2.75) is 13.0 Å². The Hall–Kier alpha value is -2.05. The molecular weight excluding hydrogens is 234 g/mol. The first-order valence-corrected chi connectivity index (χ1v) is 6.70. The Bertz CT molecular complexity index is 642. The number of rotatable bonds is 1. The molecule has 3 nitrogen and oxygen atoms in total. The van der Waals surface area contributed by atoms with E-state index in [1.54, 1.807) is 0 Å². The molecule has 2 aromatic carbocycles. The molecule has 0 aromatic heterocycles. The van der Waals surface area contributed by atoms with Gasteiger partial charge in [-0.3, -0.25) is 0 Å². The number of fused-ring (bicyclic) bond motifs is 1. The molecule has 0 unspecified atom stereocenters. The normalized spacial score (nSPS) is 19.4. The fourth-order valence-corrected chi connectivity index (χ4v) is 2.82. The van der Waals surface area contributed by atoms with Crippen molar-refractivity contribution >= 4 is 16.5 Å². The molecule has 1 heterocycles. The third-order valence-electron chi connectivity index (χ3n) is 3.71. The Labute approximate surface area is 113 Å². The Balaban J connectivity index is 2.17. The molecule has 1 aliphatic heterocycles. The fraction of sp³-hybridized carbons (Fsp3) is 0.312. The average Bonchev–Trinajstić information content (AvgIpc) is 2.46. The highest BCUT2D eigenvalue weighted by Crippen LogP contribution is 2.31. The van der Waals surface area contributed by atoms with Gasteiger partial charge in [0.2, 0.25) is 0 Å². The van der Waals surface area contributed by atoms with Gasteiger partial charge in [0.05, 0.1) is 11.3 Å². The second-order valence-electron chi connectivity index (χ2n) is 5.10. The van der Waals surface area contributed by atoms with Gasteiger partial charge in [0, 0.05) is 31.1 Å². The number of nitrogens with zero attached hydrogens (tertiary/aromatic N) is 2. The van der Waals surface area contributed by atoms with Gasteiger partial charge in [-0.2, -0.15) is 5.26 Å². The van der Waals surface area contributed by atoms with E-state index >= 15 is 0 Å². The van der Waals surface area contributed by atoms with Crippen molar-refractivity contribution in [3.05, 3.63) is 42.0 Å². The number of nitriles is 1. The van der Waals surface area contributed by atoms with Crippen LogP contribution in [-0.4, -0.2) is 25.7 Å². The van der Waals surface area contributed by atoms with Gasteiger partial charge in [-0.25, -0.2) is 0 Å². The maximum absolute atomic E-state index is 9.38. The predicted molar refractivity (Wildman–Crippen MR) is 78.3 cm³/mol. The van der Waals surface area contributed by atoms with Crippen molar-refractivity contribution in [2.75, 3.05) is 24.5 Å². The molecule has 0 aliphatic carbocycles. The van der Waals surface area contributed by atoms with E-state index in [0.29, 0.717) is 6.04 Å². The third kappa shape index (κ3) is 2.16. The molecule has 1 atom stereocenters. The summed E-state index contributed by atoms with van der Waals surface area (Å²) in [6, 6.07) is 15.1. The van der Waals surface area contributed by atoms with E-state index in [2.05, 4.69) is 35.3 Å². The molecule has 2 aromatic rings. The number of nitrogens with one attached hydrogen (secondary N) is 1. The molecule has 3 rings (SSSR count). The van der Waals surface area contributed by atoms with Crippen LogP contribution in [0.3, 0.4) is 0 Å². The lowest BCUT2D eigenvalue weighted by Crippen LogP contribution is -2.49. The molecule has 0 radical (unpaired) electrons. The summed E-state index contributed by atoms with van der Waals surface area (Å²) in [7, 11) is 0. The highest BCUT2D eigenvalue weighted by atomic mass is 15.2. The van der Waals surface area contributed by atoms with Gasteiger partial charge in [0.1, 0.15) is 6.07 Å². The monoisotopic (exact) mass is 251 g/mol. The van der Waals surface area contributed by atoms with E-state index in [0.717, 1.165) is 30.9 Å². The van der Waals surface area contributed by atoms with Crippen LogP contribution in [0.1, 0.15) is 12.5 Å². The van der Waals surface area contributed by atoms with Crippen LogP contribution >= 0.6 is 0 Å². The first kappa shape index (κ1) is 12.0. The predicted octanol–water partition coefficient (Wildman–Crippen LogP) is 2.51. The third-order valence-corrected chi connectivity index (χ3v) is 3.71. The van der Waals surface area contributed by atoms with Gasteiger partial charge in [0.15, 0.2) is 0 Å². The standard InChI is InChI=1S/C16H17N3/c1-12-11-19(9-8-18-12)16-14(10-17)7-6-13-4-2-3-5-15(13)16/h2-7,12,18H,8-9,11H2,1H3/t12-/m1/s1. The van der Waals surface area contributed by atoms with Gasteiger partial charge in [-0.15, -0.1) is 0 Å². The van der Waals surface area contributed by atoms with E-state index < -0.39 is 0 Å². The lowest BCUT2D eigenvalue weighted by Gasteiger charge is -2.34. The van der Waals surface area contributed by atoms with Crippen molar-refractivity contribution in [3.63, 3.8) is 0 Å². The number of hydrogen-bond acceptors (Lipinski definition) is 3.